The first-order valence-electron chi connectivity index (χ1n) is 10.0. The van der Waals surface area contributed by atoms with E-state index in [9.17, 15) is 18.4 Å². The van der Waals surface area contributed by atoms with Crippen LogP contribution in [-0.2, 0) is 17.8 Å². The van der Waals surface area contributed by atoms with Crippen molar-refractivity contribution in [1.29, 1.82) is 0 Å². The van der Waals surface area contributed by atoms with Crippen molar-refractivity contribution in [3.63, 3.8) is 0 Å². The van der Waals surface area contributed by atoms with Gasteiger partial charge in [0.05, 0.1) is 17.9 Å². The van der Waals surface area contributed by atoms with Gasteiger partial charge in [-0.25, -0.2) is 4.68 Å². The van der Waals surface area contributed by atoms with E-state index < -0.39 is 12.5 Å². The lowest BCUT2D eigenvalue weighted by Crippen LogP contribution is -2.42. The van der Waals surface area contributed by atoms with Crippen LogP contribution in [0, 0.1) is 6.92 Å². The first kappa shape index (κ1) is 21.4. The summed E-state index contributed by atoms with van der Waals surface area (Å²) >= 11 is 0. The van der Waals surface area contributed by atoms with Crippen molar-refractivity contribution in [2.45, 2.75) is 26.5 Å². The third kappa shape index (κ3) is 4.58. The highest BCUT2D eigenvalue weighted by Gasteiger charge is 2.22. The van der Waals surface area contributed by atoms with Gasteiger partial charge in [0, 0.05) is 13.1 Å². The molecular weight excluding hydrogens is 420 g/mol. The minimum Gasteiger partial charge on any atom is -0.435 e. The third-order valence-electron chi connectivity index (χ3n) is 5.30. The predicted octanol–water partition coefficient (Wildman–Crippen LogP) is 2.49. The maximum Gasteiger partial charge on any atom is 0.387 e. The van der Waals surface area contributed by atoms with Crippen LogP contribution in [0.15, 0.2) is 48.5 Å². The van der Waals surface area contributed by atoms with Crippen LogP contribution in [0.3, 0.4) is 0 Å². The Bertz CT molecular complexity index is 1130. The van der Waals surface area contributed by atoms with Gasteiger partial charge in [0.25, 0.3) is 5.91 Å². The standard InChI is InChI=1S/C22H21F2N5O3/c1-14-20(26-27-29(14)17-6-8-18(9-7-17)32-22(23)24)21(31)25-12-19(30)28-11-10-15-4-2-3-5-16(15)13-28/h2-9,22H,10-13H2,1H3,(H,25,31). The van der Waals surface area contributed by atoms with Crippen molar-refractivity contribution in [1.82, 2.24) is 25.2 Å². The van der Waals surface area contributed by atoms with Gasteiger partial charge in [-0.2, -0.15) is 8.78 Å². The van der Waals surface area contributed by atoms with Crippen molar-refractivity contribution >= 4 is 11.8 Å². The summed E-state index contributed by atoms with van der Waals surface area (Å²) in [5.41, 5.74) is 3.40. The Morgan fingerprint density at radius 3 is 2.56 bits per heavy atom. The summed E-state index contributed by atoms with van der Waals surface area (Å²) in [6, 6.07) is 13.8. The van der Waals surface area contributed by atoms with Crippen LogP contribution in [0.1, 0.15) is 27.3 Å². The van der Waals surface area contributed by atoms with E-state index in [1.165, 1.54) is 34.5 Å². The van der Waals surface area contributed by atoms with Gasteiger partial charge in [0.2, 0.25) is 5.91 Å². The average Bonchev–Trinajstić information content (AvgIpc) is 3.18. The number of fused-ring (bicyclic) bond motifs is 1. The van der Waals surface area contributed by atoms with Crippen LogP contribution < -0.4 is 10.1 Å². The zero-order valence-corrected chi connectivity index (χ0v) is 17.3. The highest BCUT2D eigenvalue weighted by atomic mass is 19.3. The Hall–Kier alpha value is -3.82. The molecule has 3 aromatic rings. The number of alkyl halides is 2. The van der Waals surface area contributed by atoms with Crippen LogP contribution in [0.5, 0.6) is 5.75 Å². The second-order valence-corrected chi connectivity index (χ2v) is 7.32. The number of nitrogens with zero attached hydrogens (tertiary/aromatic N) is 4. The molecule has 1 aliphatic rings. The number of amides is 2. The molecule has 0 bridgehead atoms. The Labute approximate surface area is 182 Å². The first-order chi connectivity index (χ1) is 15.4. The van der Waals surface area contributed by atoms with Gasteiger partial charge >= 0.3 is 6.61 Å². The fourth-order valence-corrected chi connectivity index (χ4v) is 3.61. The Balaban J connectivity index is 1.37. The summed E-state index contributed by atoms with van der Waals surface area (Å²) in [4.78, 5) is 26.9. The van der Waals surface area contributed by atoms with Gasteiger partial charge < -0.3 is 15.0 Å². The summed E-state index contributed by atoms with van der Waals surface area (Å²) in [6.07, 6.45) is 0.782. The lowest BCUT2D eigenvalue weighted by molar-refractivity contribution is -0.131. The molecule has 2 aromatic carbocycles. The number of halogens is 2. The first-order valence-corrected chi connectivity index (χ1v) is 10.0. The second kappa shape index (κ2) is 9.13. The molecule has 0 atom stereocenters. The fraction of sp³-hybridized carbons (Fsp3) is 0.273. The number of hydrogen-bond acceptors (Lipinski definition) is 5. The van der Waals surface area contributed by atoms with E-state index in [0.717, 1.165) is 12.0 Å². The molecule has 1 aliphatic heterocycles. The molecule has 2 amide bonds. The third-order valence-corrected chi connectivity index (χ3v) is 5.30. The van der Waals surface area contributed by atoms with E-state index in [-0.39, 0.29) is 23.9 Å². The summed E-state index contributed by atoms with van der Waals surface area (Å²) in [7, 11) is 0. The number of rotatable bonds is 6. The highest BCUT2D eigenvalue weighted by molar-refractivity contribution is 5.95. The molecule has 1 N–H and O–H groups in total. The van der Waals surface area contributed by atoms with Crippen LogP contribution in [-0.4, -0.2) is 51.4 Å². The lowest BCUT2D eigenvalue weighted by atomic mass is 10.00. The summed E-state index contributed by atoms with van der Waals surface area (Å²) in [6.45, 7) is -0.279. The molecule has 0 radical (unpaired) electrons. The molecule has 32 heavy (non-hydrogen) atoms. The van der Waals surface area contributed by atoms with Gasteiger partial charge in [0.15, 0.2) is 5.69 Å². The number of aromatic nitrogens is 3. The smallest absolute Gasteiger partial charge is 0.387 e. The van der Waals surface area contributed by atoms with Crippen LogP contribution >= 0.6 is 0 Å². The van der Waals surface area contributed by atoms with Gasteiger partial charge in [-0.1, -0.05) is 29.5 Å². The molecule has 1 aromatic heterocycles. The minimum absolute atomic E-state index is 0.0123. The molecule has 0 saturated heterocycles. The molecular formula is C22H21F2N5O3. The summed E-state index contributed by atoms with van der Waals surface area (Å²) in [5.74, 6) is -0.678. The van der Waals surface area contributed by atoms with E-state index in [1.807, 2.05) is 18.2 Å². The summed E-state index contributed by atoms with van der Waals surface area (Å²) < 4.78 is 30.3. The topological polar surface area (TPSA) is 89.4 Å². The van der Waals surface area contributed by atoms with Gasteiger partial charge in [-0.05, 0) is 48.7 Å². The maximum absolute atomic E-state index is 12.6. The van der Waals surface area contributed by atoms with Crippen molar-refractivity contribution in [2.75, 3.05) is 13.1 Å². The maximum atomic E-state index is 12.6. The number of nitrogens with one attached hydrogen (secondary N) is 1. The zero-order valence-electron chi connectivity index (χ0n) is 17.3. The molecule has 10 heteroatoms. The van der Waals surface area contributed by atoms with E-state index in [4.69, 9.17) is 0 Å². The molecule has 0 aliphatic carbocycles. The summed E-state index contributed by atoms with van der Waals surface area (Å²) in [5, 5.41) is 10.5. The number of ether oxygens (including phenoxy) is 1. The number of carbonyl (C=O) groups excluding carboxylic acids is 2. The van der Waals surface area contributed by atoms with Crippen molar-refractivity contribution < 1.29 is 23.1 Å². The fourth-order valence-electron chi connectivity index (χ4n) is 3.61. The van der Waals surface area contributed by atoms with E-state index in [0.29, 0.717) is 24.5 Å². The van der Waals surface area contributed by atoms with Gasteiger partial charge in [-0.3, -0.25) is 9.59 Å². The van der Waals surface area contributed by atoms with Crippen molar-refractivity contribution in [2.24, 2.45) is 0 Å². The normalized spacial score (nSPS) is 13.1. The molecule has 0 saturated carbocycles. The predicted molar refractivity (Wildman–Crippen MR) is 111 cm³/mol. The molecule has 8 nitrogen and oxygen atoms in total. The average molecular weight is 441 g/mol. The minimum atomic E-state index is -2.91. The van der Waals surface area contributed by atoms with Crippen LogP contribution in [0.2, 0.25) is 0 Å². The van der Waals surface area contributed by atoms with Gasteiger partial charge in [-0.15, -0.1) is 5.10 Å². The Morgan fingerprint density at radius 2 is 1.84 bits per heavy atom. The van der Waals surface area contributed by atoms with Crippen LogP contribution in [0.4, 0.5) is 8.78 Å². The quantitative estimate of drug-likeness (QED) is 0.635. The van der Waals surface area contributed by atoms with Crippen molar-refractivity contribution in [3.8, 4) is 11.4 Å². The SMILES string of the molecule is Cc1c(C(=O)NCC(=O)N2CCc3ccccc3C2)nnn1-c1ccc(OC(F)F)cc1. The van der Waals surface area contributed by atoms with E-state index in [1.54, 1.807) is 11.8 Å². The van der Waals surface area contributed by atoms with E-state index >= 15 is 0 Å². The molecule has 0 unspecified atom stereocenters. The molecule has 0 spiro atoms. The molecule has 4 rings (SSSR count). The number of hydrogen-bond donors (Lipinski definition) is 1. The van der Waals surface area contributed by atoms with Crippen molar-refractivity contribution in [3.05, 3.63) is 71.0 Å². The number of carbonyl (C=O) groups is 2. The highest BCUT2D eigenvalue weighted by Crippen LogP contribution is 2.20. The van der Waals surface area contributed by atoms with Gasteiger partial charge in [0.1, 0.15) is 5.75 Å². The molecule has 2 heterocycles. The Morgan fingerprint density at radius 1 is 1.12 bits per heavy atom. The van der Waals surface area contributed by atoms with Crippen LogP contribution in [0.25, 0.3) is 5.69 Å². The zero-order chi connectivity index (χ0) is 22.7. The largest absolute Gasteiger partial charge is 0.435 e. The molecule has 166 valence electrons. The monoisotopic (exact) mass is 441 g/mol. The molecule has 0 fully saturated rings. The Kier molecular flexibility index (Phi) is 6.11. The number of benzene rings is 2. The van der Waals surface area contributed by atoms with E-state index in [2.05, 4.69) is 26.4 Å². The second-order valence-electron chi connectivity index (χ2n) is 7.32. The lowest BCUT2D eigenvalue weighted by Gasteiger charge is -2.28.